The van der Waals surface area contributed by atoms with E-state index in [4.69, 9.17) is 4.74 Å². The molecular formula is C33H35F2N3O7S. The van der Waals surface area contributed by atoms with Gasteiger partial charge in [-0.2, -0.15) is 0 Å². The molecule has 0 radical (unpaired) electrons. The van der Waals surface area contributed by atoms with E-state index in [0.29, 0.717) is 17.0 Å². The number of anilines is 1. The van der Waals surface area contributed by atoms with Gasteiger partial charge in [0.1, 0.15) is 28.7 Å². The predicted octanol–water partition coefficient (Wildman–Crippen LogP) is 4.00. The van der Waals surface area contributed by atoms with Crippen molar-refractivity contribution >= 4 is 41.1 Å². The number of benzene rings is 3. The smallest absolute Gasteiger partial charge is 0.326 e. The van der Waals surface area contributed by atoms with Crippen LogP contribution in [-0.4, -0.2) is 64.1 Å². The molecule has 1 saturated heterocycles. The minimum absolute atomic E-state index is 0.178. The second-order valence-corrected chi connectivity index (χ2v) is 13.0. The highest BCUT2D eigenvalue weighted by molar-refractivity contribution is 8.00. The average Bonchev–Trinajstić information content (AvgIpc) is 3.01. The molecule has 244 valence electrons. The van der Waals surface area contributed by atoms with E-state index in [1.165, 1.54) is 60.3 Å². The van der Waals surface area contributed by atoms with E-state index in [-0.39, 0.29) is 11.7 Å². The molecule has 2 unspecified atom stereocenters. The van der Waals surface area contributed by atoms with Crippen molar-refractivity contribution in [3.05, 3.63) is 95.6 Å². The zero-order chi connectivity index (χ0) is 33.6. The molecule has 3 aromatic rings. The summed E-state index contributed by atoms with van der Waals surface area (Å²) in [6.45, 7) is 4.19. The first-order valence-corrected chi connectivity index (χ1v) is 15.4. The van der Waals surface area contributed by atoms with Crippen LogP contribution >= 0.6 is 11.8 Å². The number of halogens is 2. The lowest BCUT2D eigenvalue weighted by Crippen LogP contribution is -2.57. The highest BCUT2D eigenvalue weighted by Gasteiger charge is 2.49. The summed E-state index contributed by atoms with van der Waals surface area (Å²) in [5.74, 6) is -2.99. The molecule has 13 heteroatoms. The maximum atomic E-state index is 13.6. The van der Waals surface area contributed by atoms with Gasteiger partial charge in [0.15, 0.2) is 6.61 Å². The van der Waals surface area contributed by atoms with Gasteiger partial charge < -0.3 is 30.5 Å². The van der Waals surface area contributed by atoms with Crippen molar-refractivity contribution < 1.29 is 42.9 Å². The van der Waals surface area contributed by atoms with Crippen LogP contribution in [0.2, 0.25) is 0 Å². The van der Waals surface area contributed by atoms with Crippen molar-refractivity contribution in [3.8, 4) is 5.75 Å². The molecule has 46 heavy (non-hydrogen) atoms. The van der Waals surface area contributed by atoms with E-state index in [1.54, 1.807) is 49.9 Å². The van der Waals surface area contributed by atoms with Crippen molar-refractivity contribution in [2.45, 2.75) is 44.2 Å². The normalized spacial score (nSPS) is 17.4. The van der Waals surface area contributed by atoms with Gasteiger partial charge in [0.2, 0.25) is 11.8 Å². The summed E-state index contributed by atoms with van der Waals surface area (Å²) >= 11 is 1.26. The molecule has 0 aliphatic carbocycles. The van der Waals surface area contributed by atoms with Gasteiger partial charge in [-0.1, -0.05) is 45.0 Å². The van der Waals surface area contributed by atoms with Crippen LogP contribution in [0.5, 0.6) is 5.75 Å². The number of aliphatic carboxylic acids is 1. The standard InChI is InChI=1S/C33H35F2N3O7S/c1-33(2,3)30(32(43)44)37-26(40)16-36-27(41)17-45-24-14-6-20(7-15-24)28-29(31(42)38(28)23-12-10-22(35)11-13-23)46-18-25(39)19-4-8-21(34)9-5-19/h4-15,25,28-30,39H,16-18H2,1-3H3,(H,36,41)(H,37,40)(H,43,44)/t25?,28?,29-,30+/m1/s1. The number of aliphatic hydroxyl groups is 1. The summed E-state index contributed by atoms with van der Waals surface area (Å²) in [6.07, 6.45) is -0.927. The maximum Gasteiger partial charge on any atom is 0.326 e. The Kier molecular flexibility index (Phi) is 11.0. The third-order valence-electron chi connectivity index (χ3n) is 7.29. The number of carbonyl (C=O) groups is 4. The van der Waals surface area contributed by atoms with E-state index < -0.39 is 71.4 Å². The number of carbonyl (C=O) groups excluding carboxylic acids is 3. The monoisotopic (exact) mass is 655 g/mol. The summed E-state index contributed by atoms with van der Waals surface area (Å²) in [6, 6.07) is 16.2. The third-order valence-corrected chi connectivity index (χ3v) is 8.62. The maximum absolute atomic E-state index is 13.6. The Labute approximate surface area is 269 Å². The summed E-state index contributed by atoms with van der Waals surface area (Å²) in [5, 5.41) is 24.2. The Morgan fingerprint density at radius 2 is 1.52 bits per heavy atom. The zero-order valence-electron chi connectivity index (χ0n) is 25.4. The molecule has 0 aromatic heterocycles. The van der Waals surface area contributed by atoms with Gasteiger partial charge in [0, 0.05) is 11.4 Å². The number of amides is 3. The first-order chi connectivity index (χ1) is 21.7. The first-order valence-electron chi connectivity index (χ1n) is 14.4. The summed E-state index contributed by atoms with van der Waals surface area (Å²) in [4.78, 5) is 50.7. The SMILES string of the molecule is CC(C)(C)[C@@H](NC(=O)CNC(=O)COc1ccc(C2[C@@H](SCC(O)c3ccc(F)cc3)C(=O)N2c2ccc(F)cc2)cc1)C(=O)O. The van der Waals surface area contributed by atoms with Crippen molar-refractivity contribution in [3.63, 3.8) is 0 Å². The number of hydrogen-bond acceptors (Lipinski definition) is 7. The summed E-state index contributed by atoms with van der Waals surface area (Å²) in [7, 11) is 0. The fourth-order valence-electron chi connectivity index (χ4n) is 4.81. The van der Waals surface area contributed by atoms with Crippen LogP contribution in [0, 0.1) is 17.0 Å². The highest BCUT2D eigenvalue weighted by atomic mass is 32.2. The topological polar surface area (TPSA) is 145 Å². The van der Waals surface area contributed by atoms with E-state index in [1.807, 2.05) is 0 Å². The molecular weight excluding hydrogens is 620 g/mol. The lowest BCUT2D eigenvalue weighted by Gasteiger charge is -2.47. The largest absolute Gasteiger partial charge is 0.484 e. The number of thioether (sulfide) groups is 1. The molecule has 0 saturated carbocycles. The number of carboxylic acids is 1. The van der Waals surface area contributed by atoms with Gasteiger partial charge in [-0.25, -0.2) is 13.6 Å². The number of ether oxygens (including phenoxy) is 1. The molecule has 3 amide bonds. The van der Waals surface area contributed by atoms with Crippen LogP contribution in [0.15, 0.2) is 72.8 Å². The predicted molar refractivity (Wildman–Crippen MR) is 168 cm³/mol. The molecule has 1 heterocycles. The molecule has 0 bridgehead atoms. The van der Waals surface area contributed by atoms with E-state index in [9.17, 15) is 38.2 Å². The second kappa shape index (κ2) is 14.7. The van der Waals surface area contributed by atoms with Crippen LogP contribution in [0.4, 0.5) is 14.5 Å². The van der Waals surface area contributed by atoms with Gasteiger partial charge in [0.05, 0.1) is 18.7 Å². The molecule has 1 aliphatic rings. The third kappa shape index (κ3) is 8.61. The lowest BCUT2D eigenvalue weighted by molar-refractivity contribution is -0.144. The van der Waals surface area contributed by atoms with E-state index >= 15 is 0 Å². The molecule has 4 rings (SSSR count). The van der Waals surface area contributed by atoms with Crippen LogP contribution in [0.25, 0.3) is 0 Å². The van der Waals surface area contributed by atoms with E-state index in [2.05, 4.69) is 10.6 Å². The Morgan fingerprint density at radius 3 is 2.09 bits per heavy atom. The fourth-order valence-corrected chi connectivity index (χ4v) is 6.11. The average molecular weight is 656 g/mol. The van der Waals surface area contributed by atoms with Gasteiger partial charge in [-0.15, -0.1) is 11.8 Å². The Bertz CT molecular complexity index is 1550. The highest BCUT2D eigenvalue weighted by Crippen LogP contribution is 2.46. The van der Waals surface area contributed by atoms with Gasteiger partial charge in [0.25, 0.3) is 5.91 Å². The van der Waals surface area contributed by atoms with Crippen molar-refractivity contribution in [1.29, 1.82) is 0 Å². The molecule has 1 fully saturated rings. The summed E-state index contributed by atoms with van der Waals surface area (Å²) < 4.78 is 32.4. The number of nitrogens with zero attached hydrogens (tertiary/aromatic N) is 1. The fraction of sp³-hybridized carbons (Fsp3) is 0.333. The van der Waals surface area contributed by atoms with Crippen molar-refractivity contribution in [2.24, 2.45) is 5.41 Å². The van der Waals surface area contributed by atoms with Crippen molar-refractivity contribution in [2.75, 3.05) is 23.8 Å². The van der Waals surface area contributed by atoms with Gasteiger partial charge in [-0.3, -0.25) is 14.4 Å². The van der Waals surface area contributed by atoms with Crippen LogP contribution < -0.4 is 20.3 Å². The number of nitrogens with one attached hydrogen (secondary N) is 2. The Morgan fingerprint density at radius 1 is 0.935 bits per heavy atom. The first kappa shape index (κ1) is 34.4. The molecule has 3 aromatic carbocycles. The molecule has 1 aliphatic heterocycles. The molecule has 4 N–H and O–H groups in total. The minimum atomic E-state index is -1.18. The van der Waals surface area contributed by atoms with Crippen LogP contribution in [0.3, 0.4) is 0 Å². The van der Waals surface area contributed by atoms with Crippen LogP contribution in [0.1, 0.15) is 44.0 Å². The van der Waals surface area contributed by atoms with Crippen LogP contribution in [-0.2, 0) is 19.2 Å². The summed E-state index contributed by atoms with van der Waals surface area (Å²) in [5.41, 5.74) is 1.03. The number of carboxylic acid groups (broad SMARTS) is 1. The van der Waals surface area contributed by atoms with E-state index in [0.717, 1.165) is 5.56 Å². The Hall–Kier alpha value is -4.49. The second-order valence-electron chi connectivity index (χ2n) is 11.8. The van der Waals surface area contributed by atoms with Gasteiger partial charge in [-0.05, 0) is 65.1 Å². The number of aliphatic hydroxyl groups excluding tert-OH is 1. The lowest BCUT2D eigenvalue weighted by atomic mass is 9.87. The van der Waals surface area contributed by atoms with Gasteiger partial charge >= 0.3 is 5.97 Å². The molecule has 4 atom stereocenters. The zero-order valence-corrected chi connectivity index (χ0v) is 26.2. The molecule has 10 nitrogen and oxygen atoms in total. The number of rotatable bonds is 13. The number of hydrogen-bond donors (Lipinski definition) is 4. The van der Waals surface area contributed by atoms with Crippen molar-refractivity contribution in [1.82, 2.24) is 10.6 Å². The number of β-lactam (4-membered cyclic amide) rings is 1. The quantitative estimate of drug-likeness (QED) is 0.202. The molecule has 0 spiro atoms. The minimum Gasteiger partial charge on any atom is -0.484 e. The Balaban J connectivity index is 1.37.